The predicted molar refractivity (Wildman–Crippen MR) is 87.3 cm³/mol. The van der Waals surface area contributed by atoms with E-state index in [1.165, 1.54) is 6.07 Å². The third-order valence-electron chi connectivity index (χ3n) is 3.77. The van der Waals surface area contributed by atoms with E-state index in [0.29, 0.717) is 29.2 Å². The molecule has 3 rings (SSSR count). The summed E-state index contributed by atoms with van der Waals surface area (Å²) < 4.78 is 10.5. The smallest absolute Gasteiger partial charge is 0.274 e. The van der Waals surface area contributed by atoms with Crippen LogP contribution in [0.1, 0.15) is 17.5 Å². The average molecular weight is 328 g/mol. The summed E-state index contributed by atoms with van der Waals surface area (Å²) in [6.45, 7) is 1.87. The van der Waals surface area contributed by atoms with Crippen molar-refractivity contribution < 1.29 is 19.2 Å². The molecule has 0 unspecified atom stereocenters. The van der Waals surface area contributed by atoms with Gasteiger partial charge in [-0.1, -0.05) is 12.1 Å². The van der Waals surface area contributed by atoms with Gasteiger partial charge in [-0.3, -0.25) is 14.9 Å². The Morgan fingerprint density at radius 2 is 2.00 bits per heavy atom. The molecule has 1 amide bonds. The highest BCUT2D eigenvalue weighted by atomic mass is 16.7. The van der Waals surface area contributed by atoms with Crippen molar-refractivity contribution in [1.82, 2.24) is 0 Å². The Hall–Kier alpha value is -3.09. The quantitative estimate of drug-likeness (QED) is 0.672. The lowest BCUT2D eigenvalue weighted by molar-refractivity contribution is -0.385. The van der Waals surface area contributed by atoms with E-state index in [4.69, 9.17) is 9.47 Å². The summed E-state index contributed by atoms with van der Waals surface area (Å²) in [6, 6.07) is 10.2. The van der Waals surface area contributed by atoms with Crippen molar-refractivity contribution in [2.45, 2.75) is 19.8 Å². The van der Waals surface area contributed by atoms with Gasteiger partial charge in [-0.2, -0.15) is 0 Å². The third-order valence-corrected chi connectivity index (χ3v) is 3.77. The molecule has 1 N–H and O–H groups in total. The fourth-order valence-corrected chi connectivity index (χ4v) is 2.46. The van der Waals surface area contributed by atoms with Crippen LogP contribution in [0, 0.1) is 17.0 Å². The summed E-state index contributed by atoms with van der Waals surface area (Å²) >= 11 is 0. The SMILES string of the molecule is Cc1ccc(NC(=O)CCc2ccc3c(c2)OCO3)cc1[N+](=O)[O-]. The topological polar surface area (TPSA) is 90.7 Å². The fourth-order valence-electron chi connectivity index (χ4n) is 2.46. The number of rotatable bonds is 5. The predicted octanol–water partition coefficient (Wildman–Crippen LogP) is 3.20. The first kappa shape index (κ1) is 15.8. The molecule has 2 aromatic carbocycles. The first-order valence-electron chi connectivity index (χ1n) is 7.46. The van der Waals surface area contributed by atoms with Crippen LogP contribution in [0.25, 0.3) is 0 Å². The summed E-state index contributed by atoms with van der Waals surface area (Å²) in [5.41, 5.74) is 1.93. The van der Waals surface area contributed by atoms with Gasteiger partial charge in [0.25, 0.3) is 5.69 Å². The Morgan fingerprint density at radius 3 is 2.79 bits per heavy atom. The number of fused-ring (bicyclic) bond motifs is 1. The molecule has 24 heavy (non-hydrogen) atoms. The number of amides is 1. The van der Waals surface area contributed by atoms with Crippen LogP contribution in [-0.2, 0) is 11.2 Å². The number of hydrogen-bond acceptors (Lipinski definition) is 5. The molecule has 7 nitrogen and oxygen atoms in total. The number of anilines is 1. The number of nitrogens with zero attached hydrogens (tertiary/aromatic N) is 1. The summed E-state index contributed by atoms with van der Waals surface area (Å²) in [4.78, 5) is 22.5. The van der Waals surface area contributed by atoms with Gasteiger partial charge in [0.1, 0.15) is 0 Å². The second-order valence-corrected chi connectivity index (χ2v) is 5.49. The van der Waals surface area contributed by atoms with Crippen molar-refractivity contribution in [3.63, 3.8) is 0 Å². The number of aryl methyl sites for hydroxylation is 2. The number of benzene rings is 2. The maximum absolute atomic E-state index is 12.0. The zero-order valence-corrected chi connectivity index (χ0v) is 13.1. The summed E-state index contributed by atoms with van der Waals surface area (Å²) in [5, 5.41) is 13.6. The molecule has 0 bridgehead atoms. The van der Waals surface area contributed by atoms with Gasteiger partial charge in [0.05, 0.1) is 4.92 Å². The van der Waals surface area contributed by atoms with Gasteiger partial charge in [-0.05, 0) is 37.1 Å². The molecule has 0 atom stereocenters. The molecular weight excluding hydrogens is 312 g/mol. The van der Waals surface area contributed by atoms with Gasteiger partial charge in [0.2, 0.25) is 12.7 Å². The number of carbonyl (C=O) groups is 1. The maximum atomic E-state index is 12.0. The van der Waals surface area contributed by atoms with Crippen LogP contribution in [0.4, 0.5) is 11.4 Å². The normalized spacial score (nSPS) is 12.0. The van der Waals surface area contributed by atoms with Gasteiger partial charge in [-0.15, -0.1) is 0 Å². The van der Waals surface area contributed by atoms with Crippen LogP contribution in [0.5, 0.6) is 11.5 Å². The Bertz CT molecular complexity index is 804. The van der Waals surface area contributed by atoms with Gasteiger partial charge >= 0.3 is 0 Å². The van der Waals surface area contributed by atoms with Crippen LogP contribution in [0.2, 0.25) is 0 Å². The molecule has 2 aromatic rings. The number of hydrogen-bond donors (Lipinski definition) is 1. The summed E-state index contributed by atoms with van der Waals surface area (Å²) in [5.74, 6) is 1.18. The minimum atomic E-state index is -0.461. The van der Waals surface area contributed by atoms with E-state index in [0.717, 1.165) is 5.56 Å². The van der Waals surface area contributed by atoms with Crippen LogP contribution in [-0.4, -0.2) is 17.6 Å². The van der Waals surface area contributed by atoms with E-state index in [9.17, 15) is 14.9 Å². The van der Waals surface area contributed by atoms with E-state index in [2.05, 4.69) is 5.32 Å². The van der Waals surface area contributed by atoms with Gasteiger partial charge in [0, 0.05) is 23.7 Å². The number of ether oxygens (including phenoxy) is 2. The first-order chi connectivity index (χ1) is 11.5. The molecule has 7 heteroatoms. The zero-order valence-electron chi connectivity index (χ0n) is 13.1. The summed E-state index contributed by atoms with van der Waals surface area (Å²) in [7, 11) is 0. The van der Waals surface area contributed by atoms with Crippen molar-refractivity contribution >= 4 is 17.3 Å². The minimum absolute atomic E-state index is 0.0106. The van der Waals surface area contributed by atoms with Crippen LogP contribution in [0.15, 0.2) is 36.4 Å². The van der Waals surface area contributed by atoms with Crippen LogP contribution in [0.3, 0.4) is 0 Å². The second-order valence-electron chi connectivity index (χ2n) is 5.49. The van der Waals surface area contributed by atoms with Gasteiger partial charge in [-0.25, -0.2) is 0 Å². The van der Waals surface area contributed by atoms with E-state index in [1.54, 1.807) is 19.1 Å². The summed E-state index contributed by atoms with van der Waals surface area (Å²) in [6.07, 6.45) is 0.803. The fraction of sp³-hybridized carbons (Fsp3) is 0.235. The first-order valence-corrected chi connectivity index (χ1v) is 7.46. The lowest BCUT2D eigenvalue weighted by atomic mass is 10.1. The Morgan fingerprint density at radius 1 is 1.21 bits per heavy atom. The van der Waals surface area contributed by atoms with Crippen LogP contribution >= 0.6 is 0 Å². The molecule has 124 valence electrons. The van der Waals surface area contributed by atoms with Crippen LogP contribution < -0.4 is 14.8 Å². The molecule has 1 aliphatic heterocycles. The van der Waals surface area contributed by atoms with E-state index < -0.39 is 4.92 Å². The Labute approximate surface area is 138 Å². The van der Waals surface area contributed by atoms with E-state index in [-0.39, 0.29) is 24.8 Å². The number of nitro groups is 1. The maximum Gasteiger partial charge on any atom is 0.274 e. The molecule has 1 heterocycles. The number of nitrogens with one attached hydrogen (secondary N) is 1. The lowest BCUT2D eigenvalue weighted by Crippen LogP contribution is -2.12. The molecule has 0 aliphatic carbocycles. The highest BCUT2D eigenvalue weighted by Crippen LogP contribution is 2.32. The zero-order chi connectivity index (χ0) is 17.1. The van der Waals surface area contributed by atoms with Crippen molar-refractivity contribution in [3.05, 3.63) is 57.6 Å². The minimum Gasteiger partial charge on any atom is -0.454 e. The number of nitro benzene ring substituents is 1. The highest BCUT2D eigenvalue weighted by molar-refractivity contribution is 5.91. The van der Waals surface area contributed by atoms with E-state index in [1.807, 2.05) is 18.2 Å². The molecule has 0 saturated heterocycles. The average Bonchev–Trinajstić information content (AvgIpc) is 3.02. The van der Waals surface area contributed by atoms with Crippen molar-refractivity contribution in [2.24, 2.45) is 0 Å². The third kappa shape index (κ3) is 3.45. The lowest BCUT2D eigenvalue weighted by Gasteiger charge is -2.07. The van der Waals surface area contributed by atoms with Crippen molar-refractivity contribution in [3.8, 4) is 11.5 Å². The van der Waals surface area contributed by atoms with Gasteiger partial charge in [0.15, 0.2) is 11.5 Å². The standard InChI is InChI=1S/C17H16N2O5/c1-11-2-5-13(9-14(11)19(21)22)18-17(20)7-4-12-3-6-15-16(8-12)24-10-23-15/h2-3,5-6,8-9H,4,7,10H2,1H3,(H,18,20). The van der Waals surface area contributed by atoms with E-state index >= 15 is 0 Å². The number of carbonyl (C=O) groups excluding carboxylic acids is 1. The highest BCUT2D eigenvalue weighted by Gasteiger charge is 2.15. The molecule has 0 radical (unpaired) electrons. The van der Waals surface area contributed by atoms with Gasteiger partial charge < -0.3 is 14.8 Å². The molecule has 0 fully saturated rings. The Kier molecular flexibility index (Phi) is 4.33. The monoisotopic (exact) mass is 328 g/mol. The second kappa shape index (κ2) is 6.57. The Balaban J connectivity index is 1.60. The molecular formula is C17H16N2O5. The molecule has 0 spiro atoms. The molecule has 0 aromatic heterocycles. The molecule has 0 saturated carbocycles. The molecule has 1 aliphatic rings. The van der Waals surface area contributed by atoms with Crippen molar-refractivity contribution in [1.29, 1.82) is 0 Å². The van der Waals surface area contributed by atoms with Crippen molar-refractivity contribution in [2.75, 3.05) is 12.1 Å². The largest absolute Gasteiger partial charge is 0.454 e.